The van der Waals surface area contributed by atoms with Gasteiger partial charge < -0.3 is 10.6 Å². The Bertz CT molecular complexity index is 905. The standard InChI is InChI=1S/C28H32N2O2/c31-27(25-21-5-1-2-6-22(21)25)29-19-13-9-17(10-14-19)18-11-15-20(16-12-18)30-28(32)26-23-7-3-4-8-24(23)26/h9-16,21-26H,1-8H2,(H,29,31)(H,30,32)/t21-,22+,23-,24+,25?,26?. The van der Waals surface area contributed by atoms with Crippen LogP contribution < -0.4 is 10.6 Å². The largest absolute Gasteiger partial charge is 0.326 e. The van der Waals surface area contributed by atoms with Crippen molar-refractivity contribution in [1.82, 2.24) is 0 Å². The van der Waals surface area contributed by atoms with Crippen molar-refractivity contribution in [3.05, 3.63) is 48.5 Å². The van der Waals surface area contributed by atoms with Crippen LogP contribution in [0.5, 0.6) is 0 Å². The fourth-order valence-corrected chi connectivity index (χ4v) is 6.71. The molecule has 0 heterocycles. The van der Waals surface area contributed by atoms with Gasteiger partial charge in [-0.15, -0.1) is 0 Å². The van der Waals surface area contributed by atoms with Gasteiger partial charge in [0.05, 0.1) is 0 Å². The molecule has 6 rings (SSSR count). The second-order valence-corrected chi connectivity index (χ2v) is 10.4. The molecule has 32 heavy (non-hydrogen) atoms. The van der Waals surface area contributed by atoms with Crippen LogP contribution in [0.1, 0.15) is 51.4 Å². The van der Waals surface area contributed by atoms with Gasteiger partial charge in [0.15, 0.2) is 0 Å². The molecule has 0 radical (unpaired) electrons. The molecule has 2 unspecified atom stereocenters. The van der Waals surface area contributed by atoms with Gasteiger partial charge in [-0.05, 0) is 84.7 Å². The van der Waals surface area contributed by atoms with Crippen molar-refractivity contribution in [2.24, 2.45) is 35.5 Å². The van der Waals surface area contributed by atoms with E-state index in [2.05, 4.69) is 34.9 Å². The molecule has 166 valence electrons. The van der Waals surface area contributed by atoms with E-state index in [1.54, 1.807) is 0 Å². The summed E-state index contributed by atoms with van der Waals surface area (Å²) in [4.78, 5) is 25.2. The van der Waals surface area contributed by atoms with Crippen molar-refractivity contribution in [3.63, 3.8) is 0 Å². The highest BCUT2D eigenvalue weighted by atomic mass is 16.2. The van der Waals surface area contributed by atoms with E-state index in [0.29, 0.717) is 23.7 Å². The molecule has 4 aliphatic carbocycles. The lowest BCUT2D eigenvalue weighted by atomic mass is 10.0. The van der Waals surface area contributed by atoms with Crippen molar-refractivity contribution in [2.75, 3.05) is 10.6 Å². The normalized spacial score (nSPS) is 32.2. The molecule has 6 atom stereocenters. The van der Waals surface area contributed by atoms with Gasteiger partial charge in [-0.2, -0.15) is 0 Å². The molecule has 2 aromatic rings. The molecule has 4 aliphatic rings. The van der Waals surface area contributed by atoms with Gasteiger partial charge in [0, 0.05) is 23.2 Å². The van der Waals surface area contributed by atoms with Gasteiger partial charge in [-0.3, -0.25) is 9.59 Å². The lowest BCUT2D eigenvalue weighted by molar-refractivity contribution is -0.118. The van der Waals surface area contributed by atoms with Crippen molar-refractivity contribution in [2.45, 2.75) is 51.4 Å². The fraction of sp³-hybridized carbons (Fsp3) is 0.500. The lowest BCUT2D eigenvalue weighted by Gasteiger charge is -2.09. The first-order valence-electron chi connectivity index (χ1n) is 12.5. The predicted molar refractivity (Wildman–Crippen MR) is 127 cm³/mol. The second-order valence-electron chi connectivity index (χ2n) is 10.4. The Morgan fingerprint density at radius 3 is 1.16 bits per heavy atom. The van der Waals surface area contributed by atoms with Crippen LogP contribution in [0.2, 0.25) is 0 Å². The molecule has 0 spiro atoms. The zero-order valence-corrected chi connectivity index (χ0v) is 18.6. The van der Waals surface area contributed by atoms with Crippen LogP contribution in [0.3, 0.4) is 0 Å². The van der Waals surface area contributed by atoms with Crippen LogP contribution in [-0.4, -0.2) is 11.8 Å². The average Bonchev–Trinajstić information content (AvgIpc) is 3.72. The zero-order valence-electron chi connectivity index (χ0n) is 18.6. The van der Waals surface area contributed by atoms with Crippen molar-refractivity contribution in [1.29, 1.82) is 0 Å². The van der Waals surface area contributed by atoms with Crippen LogP contribution in [0.4, 0.5) is 11.4 Å². The number of nitrogens with one attached hydrogen (secondary N) is 2. The molecule has 4 fully saturated rings. The maximum atomic E-state index is 12.6. The number of carbonyl (C=O) groups excluding carboxylic acids is 2. The summed E-state index contributed by atoms with van der Waals surface area (Å²) in [6, 6.07) is 16.2. The Labute approximate surface area is 190 Å². The Morgan fingerprint density at radius 1 is 0.531 bits per heavy atom. The summed E-state index contributed by atoms with van der Waals surface area (Å²) in [7, 11) is 0. The van der Waals surface area contributed by atoms with Crippen LogP contribution in [0.15, 0.2) is 48.5 Å². The number of anilines is 2. The third-order valence-corrected chi connectivity index (χ3v) is 8.56. The number of hydrogen-bond donors (Lipinski definition) is 2. The van der Waals surface area contributed by atoms with Crippen molar-refractivity contribution < 1.29 is 9.59 Å². The minimum atomic E-state index is 0.199. The zero-order chi connectivity index (χ0) is 21.7. The molecule has 0 aliphatic heterocycles. The van der Waals surface area contributed by atoms with Crippen LogP contribution in [0, 0.1) is 35.5 Å². The SMILES string of the molecule is O=C(Nc1ccc(-c2ccc(NC(=O)C3[C@H]4CCCC[C@@H]34)cc2)cc1)C1[C@H]2CCCC[C@@H]12. The highest BCUT2D eigenvalue weighted by molar-refractivity contribution is 5.96. The number of carbonyl (C=O) groups is 2. The maximum absolute atomic E-state index is 12.6. The molecule has 4 nitrogen and oxygen atoms in total. The quantitative estimate of drug-likeness (QED) is 0.604. The molecule has 0 aromatic heterocycles. The van der Waals surface area contributed by atoms with E-state index in [4.69, 9.17) is 0 Å². The molecule has 2 amide bonds. The summed E-state index contributed by atoms with van der Waals surface area (Å²) in [5.74, 6) is 3.39. The van der Waals surface area contributed by atoms with Crippen LogP contribution in [0.25, 0.3) is 11.1 Å². The fourth-order valence-electron chi connectivity index (χ4n) is 6.71. The predicted octanol–water partition coefficient (Wildman–Crippen LogP) is 6.10. The van der Waals surface area contributed by atoms with E-state index in [-0.39, 0.29) is 23.7 Å². The van der Waals surface area contributed by atoms with E-state index in [1.807, 2.05) is 24.3 Å². The Hall–Kier alpha value is -2.62. The monoisotopic (exact) mass is 428 g/mol. The Kier molecular flexibility index (Phi) is 5.04. The first kappa shape index (κ1) is 20.0. The number of rotatable bonds is 5. The lowest BCUT2D eigenvalue weighted by Crippen LogP contribution is -2.15. The second kappa shape index (κ2) is 8.06. The number of benzene rings is 2. The molecule has 2 N–H and O–H groups in total. The highest BCUT2D eigenvalue weighted by Crippen LogP contribution is 2.56. The third-order valence-electron chi connectivity index (χ3n) is 8.56. The molecule has 0 bridgehead atoms. The van der Waals surface area contributed by atoms with Gasteiger partial charge in [0.1, 0.15) is 0 Å². The van der Waals surface area contributed by atoms with E-state index in [9.17, 15) is 9.59 Å². The van der Waals surface area contributed by atoms with Gasteiger partial charge in [-0.1, -0.05) is 49.9 Å². The molecular weight excluding hydrogens is 396 g/mol. The van der Waals surface area contributed by atoms with Crippen LogP contribution >= 0.6 is 0 Å². The Balaban J connectivity index is 1.05. The molecule has 4 saturated carbocycles. The highest BCUT2D eigenvalue weighted by Gasteiger charge is 2.55. The topological polar surface area (TPSA) is 58.2 Å². The molecular formula is C28H32N2O2. The molecule has 4 heteroatoms. The average molecular weight is 429 g/mol. The summed E-state index contributed by atoms with van der Waals surface area (Å²) in [6.45, 7) is 0. The minimum absolute atomic E-state index is 0.199. The number of hydrogen-bond acceptors (Lipinski definition) is 2. The summed E-state index contributed by atoms with van der Waals surface area (Å²) in [5, 5.41) is 6.24. The van der Waals surface area contributed by atoms with Crippen LogP contribution in [-0.2, 0) is 9.59 Å². The van der Waals surface area contributed by atoms with Crippen molar-refractivity contribution >= 4 is 23.2 Å². The molecule has 0 saturated heterocycles. The Morgan fingerprint density at radius 2 is 0.844 bits per heavy atom. The maximum Gasteiger partial charge on any atom is 0.228 e. The first-order chi connectivity index (χ1) is 15.7. The van der Waals surface area contributed by atoms with E-state index >= 15 is 0 Å². The van der Waals surface area contributed by atoms with Gasteiger partial charge in [0.2, 0.25) is 11.8 Å². The van der Waals surface area contributed by atoms with E-state index in [1.165, 1.54) is 51.4 Å². The van der Waals surface area contributed by atoms with Crippen molar-refractivity contribution in [3.8, 4) is 11.1 Å². The van der Waals surface area contributed by atoms with E-state index < -0.39 is 0 Å². The summed E-state index contributed by atoms with van der Waals surface area (Å²) < 4.78 is 0. The minimum Gasteiger partial charge on any atom is -0.326 e. The smallest absolute Gasteiger partial charge is 0.228 e. The summed E-state index contributed by atoms with van der Waals surface area (Å²) in [5.41, 5.74) is 3.96. The van der Waals surface area contributed by atoms with E-state index in [0.717, 1.165) is 22.5 Å². The third kappa shape index (κ3) is 3.74. The number of amides is 2. The van der Waals surface area contributed by atoms with Gasteiger partial charge >= 0.3 is 0 Å². The van der Waals surface area contributed by atoms with Gasteiger partial charge in [-0.25, -0.2) is 0 Å². The molecule has 2 aromatic carbocycles. The van der Waals surface area contributed by atoms with Gasteiger partial charge in [0.25, 0.3) is 0 Å². The first-order valence-corrected chi connectivity index (χ1v) is 12.5. The number of fused-ring (bicyclic) bond motifs is 2. The summed E-state index contributed by atoms with van der Waals surface area (Å²) >= 11 is 0. The summed E-state index contributed by atoms with van der Waals surface area (Å²) in [6.07, 6.45) is 10.0.